The minimum Gasteiger partial charge on any atom is -0.409 e. The van der Waals surface area contributed by atoms with Crippen LogP contribution in [0.15, 0.2) is 91.0 Å². The van der Waals surface area contributed by atoms with Gasteiger partial charge in [0.1, 0.15) is 11.4 Å². The van der Waals surface area contributed by atoms with Crippen molar-refractivity contribution in [3.05, 3.63) is 108 Å². The van der Waals surface area contributed by atoms with E-state index in [0.717, 1.165) is 58.1 Å². The molecule has 0 spiro atoms. The average Bonchev–Trinajstić information content (AvgIpc) is 3.99. The molecule has 1 fully saturated rings. The third-order valence-electron chi connectivity index (χ3n) is 11.4. The summed E-state index contributed by atoms with van der Waals surface area (Å²) < 4.78 is 6.01. The van der Waals surface area contributed by atoms with Gasteiger partial charge < -0.3 is 40.4 Å². The standard InChI is InChI=1S/C46H48N8O7/c1-51-23-25-52(26-24-51)46(60)61-40-29-39-35(34-7-4-5-8-36(34)40)18-22-53(39)45(59)38-28-31-27-33(14-15-37(31)50-38)49-44(58)30-10-12-32(13-11-30)47-19-20-48-41(55)9-3-2-6-21-54-42(56)16-17-43(54)57/h4-5,7-8,10-17,27-29,47,50H,2-3,6,9,18-26H2,1H3,(H,48,55)(H,49,58). The van der Waals surface area contributed by atoms with Gasteiger partial charge in [-0.2, -0.15) is 0 Å². The molecular formula is C46H48N8O7. The first kappa shape index (κ1) is 40.8. The molecular weight excluding hydrogens is 777 g/mol. The van der Waals surface area contributed by atoms with E-state index in [1.54, 1.807) is 46.2 Å². The number of likely N-dealkylation sites (N-methyl/N-ethyl adjacent to an activating group) is 1. The van der Waals surface area contributed by atoms with E-state index in [2.05, 4.69) is 25.8 Å². The van der Waals surface area contributed by atoms with Gasteiger partial charge in [-0.1, -0.05) is 30.7 Å². The molecule has 0 aliphatic carbocycles. The second-order valence-corrected chi connectivity index (χ2v) is 15.5. The summed E-state index contributed by atoms with van der Waals surface area (Å²) in [6.07, 6.45) is 5.23. The van der Waals surface area contributed by atoms with Gasteiger partial charge in [0.2, 0.25) is 5.91 Å². The molecule has 3 aliphatic heterocycles. The average molecular weight is 825 g/mol. The van der Waals surface area contributed by atoms with Gasteiger partial charge in [0.15, 0.2) is 0 Å². The molecule has 4 aromatic carbocycles. The van der Waals surface area contributed by atoms with Crippen molar-refractivity contribution in [2.75, 3.05) is 74.9 Å². The molecule has 1 aromatic heterocycles. The number of hydrogen-bond acceptors (Lipinski definition) is 9. The maximum absolute atomic E-state index is 14.1. The predicted molar refractivity (Wildman–Crippen MR) is 233 cm³/mol. The van der Waals surface area contributed by atoms with E-state index in [1.807, 2.05) is 49.5 Å². The largest absolute Gasteiger partial charge is 0.415 e. The molecule has 5 aromatic rings. The fourth-order valence-corrected chi connectivity index (χ4v) is 7.97. The Kier molecular flexibility index (Phi) is 12.1. The van der Waals surface area contributed by atoms with Crippen molar-refractivity contribution >= 4 is 74.4 Å². The van der Waals surface area contributed by atoms with Crippen molar-refractivity contribution in [3.63, 3.8) is 0 Å². The van der Waals surface area contributed by atoms with Crippen LogP contribution in [0.3, 0.4) is 0 Å². The van der Waals surface area contributed by atoms with Crippen LogP contribution in [0.25, 0.3) is 21.7 Å². The van der Waals surface area contributed by atoms with Crippen molar-refractivity contribution in [1.82, 2.24) is 25.0 Å². The number of nitrogens with one attached hydrogen (secondary N) is 4. The van der Waals surface area contributed by atoms with Crippen LogP contribution in [0, 0.1) is 0 Å². The van der Waals surface area contributed by atoms with Crippen LogP contribution in [-0.2, 0) is 20.8 Å². The number of fused-ring (bicyclic) bond motifs is 4. The number of piperazine rings is 1. The van der Waals surface area contributed by atoms with Crippen LogP contribution in [0.4, 0.5) is 21.9 Å². The zero-order valence-corrected chi connectivity index (χ0v) is 34.0. The summed E-state index contributed by atoms with van der Waals surface area (Å²) in [5.74, 6) is -0.706. The van der Waals surface area contributed by atoms with E-state index >= 15 is 0 Å². The zero-order valence-electron chi connectivity index (χ0n) is 34.0. The second-order valence-electron chi connectivity index (χ2n) is 15.5. The van der Waals surface area contributed by atoms with E-state index in [9.17, 15) is 28.8 Å². The maximum atomic E-state index is 14.1. The molecule has 4 N–H and O–H groups in total. The summed E-state index contributed by atoms with van der Waals surface area (Å²) in [5.41, 5.74) is 4.74. The zero-order chi connectivity index (χ0) is 42.5. The number of anilines is 3. The number of nitrogens with zero attached hydrogens (tertiary/aromatic N) is 4. The smallest absolute Gasteiger partial charge is 0.409 e. The number of unbranched alkanes of at least 4 members (excludes halogenated alkanes) is 2. The van der Waals surface area contributed by atoms with Gasteiger partial charge in [-0.3, -0.25) is 28.9 Å². The molecule has 8 rings (SSSR count). The molecule has 3 aliphatic rings. The van der Waals surface area contributed by atoms with E-state index in [-0.39, 0.29) is 29.5 Å². The lowest BCUT2D eigenvalue weighted by Gasteiger charge is -2.31. The van der Waals surface area contributed by atoms with Gasteiger partial charge >= 0.3 is 6.09 Å². The number of amides is 6. The van der Waals surface area contributed by atoms with E-state index in [4.69, 9.17) is 4.74 Å². The number of rotatable bonds is 14. The Balaban J connectivity index is 0.827. The Labute approximate surface area is 352 Å². The van der Waals surface area contributed by atoms with Crippen LogP contribution in [-0.4, -0.2) is 115 Å². The monoisotopic (exact) mass is 824 g/mol. The summed E-state index contributed by atoms with van der Waals surface area (Å²) in [5, 5.41) is 11.6. The van der Waals surface area contributed by atoms with Crippen LogP contribution < -0.4 is 25.6 Å². The highest BCUT2D eigenvalue weighted by Gasteiger charge is 2.31. The lowest BCUT2D eigenvalue weighted by atomic mass is 10.0. The summed E-state index contributed by atoms with van der Waals surface area (Å²) >= 11 is 0. The fourth-order valence-electron chi connectivity index (χ4n) is 7.97. The van der Waals surface area contributed by atoms with E-state index < -0.39 is 6.09 Å². The summed E-state index contributed by atoms with van der Waals surface area (Å²) in [7, 11) is 2.03. The number of hydrogen-bond donors (Lipinski definition) is 4. The van der Waals surface area contributed by atoms with Crippen LogP contribution >= 0.6 is 0 Å². The van der Waals surface area contributed by atoms with Crippen molar-refractivity contribution < 1.29 is 33.5 Å². The molecule has 314 valence electrons. The Morgan fingerprint density at radius 3 is 2.28 bits per heavy atom. The number of imide groups is 1. The Morgan fingerprint density at radius 1 is 0.770 bits per heavy atom. The third-order valence-corrected chi connectivity index (χ3v) is 11.4. The van der Waals surface area contributed by atoms with Gasteiger partial charge in [-0.15, -0.1) is 0 Å². The summed E-state index contributed by atoms with van der Waals surface area (Å²) in [6, 6.07) is 23.9. The molecule has 0 atom stereocenters. The summed E-state index contributed by atoms with van der Waals surface area (Å²) in [4.78, 5) is 86.0. The van der Waals surface area contributed by atoms with E-state index in [0.29, 0.717) is 87.6 Å². The number of carbonyl (C=O) groups excluding carboxylic acids is 6. The van der Waals surface area contributed by atoms with E-state index in [1.165, 1.54) is 17.1 Å². The number of benzene rings is 4. The number of H-pyrrole nitrogens is 1. The number of carbonyl (C=O) groups is 6. The normalized spacial score (nSPS) is 15.1. The van der Waals surface area contributed by atoms with Gasteiger partial charge in [-0.05, 0) is 85.8 Å². The van der Waals surface area contributed by atoms with Crippen LogP contribution in [0.1, 0.15) is 52.1 Å². The fraction of sp³-hybridized carbons (Fsp3) is 0.304. The molecule has 1 saturated heterocycles. The van der Waals surface area contributed by atoms with Crippen molar-refractivity contribution in [1.29, 1.82) is 0 Å². The molecule has 0 radical (unpaired) electrons. The van der Waals surface area contributed by atoms with Gasteiger partial charge in [0, 0.05) is 110 Å². The first-order valence-corrected chi connectivity index (χ1v) is 20.7. The molecule has 4 heterocycles. The third kappa shape index (κ3) is 9.26. The molecule has 61 heavy (non-hydrogen) atoms. The molecule has 0 unspecified atom stereocenters. The van der Waals surface area contributed by atoms with Crippen molar-refractivity contribution in [3.8, 4) is 5.75 Å². The molecule has 15 heteroatoms. The van der Waals surface area contributed by atoms with Crippen LogP contribution in [0.5, 0.6) is 5.75 Å². The van der Waals surface area contributed by atoms with Gasteiger partial charge in [-0.25, -0.2) is 4.79 Å². The number of aromatic nitrogens is 1. The lowest BCUT2D eigenvalue weighted by molar-refractivity contribution is -0.137. The molecule has 0 saturated carbocycles. The van der Waals surface area contributed by atoms with Gasteiger partial charge in [0.25, 0.3) is 23.6 Å². The highest BCUT2D eigenvalue weighted by Crippen LogP contribution is 2.41. The highest BCUT2D eigenvalue weighted by atomic mass is 16.6. The number of aromatic amines is 1. The topological polar surface area (TPSA) is 176 Å². The Morgan fingerprint density at radius 2 is 1.51 bits per heavy atom. The maximum Gasteiger partial charge on any atom is 0.415 e. The highest BCUT2D eigenvalue weighted by molar-refractivity contribution is 6.13. The second kappa shape index (κ2) is 18.1. The minimum atomic E-state index is -0.398. The first-order valence-electron chi connectivity index (χ1n) is 20.7. The summed E-state index contributed by atoms with van der Waals surface area (Å²) in [6.45, 7) is 4.50. The Bertz CT molecular complexity index is 2520. The molecule has 0 bridgehead atoms. The minimum absolute atomic E-state index is 0.0630. The molecule has 6 amide bonds. The van der Waals surface area contributed by atoms with Gasteiger partial charge in [0.05, 0.1) is 5.69 Å². The molecule has 15 nitrogen and oxygen atoms in total. The lowest BCUT2D eigenvalue weighted by Crippen LogP contribution is -2.48. The van der Waals surface area contributed by atoms with Crippen molar-refractivity contribution in [2.45, 2.75) is 32.1 Å². The van der Waals surface area contributed by atoms with Crippen molar-refractivity contribution in [2.24, 2.45) is 0 Å². The Hall–Kier alpha value is -7.00. The quantitative estimate of drug-likeness (QED) is 0.0828. The predicted octanol–water partition coefficient (Wildman–Crippen LogP) is 5.54. The first-order chi connectivity index (χ1) is 29.6. The SMILES string of the molecule is CN1CCN(C(=O)Oc2cc3c(c4ccccc24)CCN3C(=O)c2cc3cc(NC(=O)c4ccc(NCCNC(=O)CCCCCN5C(=O)C=CC5=O)cc4)ccc3[nH]2)CC1. The number of ether oxygens (including phenoxy) is 1. The van der Waals surface area contributed by atoms with Crippen LogP contribution in [0.2, 0.25) is 0 Å².